The van der Waals surface area contributed by atoms with Crippen molar-refractivity contribution in [1.29, 1.82) is 0 Å². The maximum absolute atomic E-state index is 9.87. The van der Waals surface area contributed by atoms with Crippen LogP contribution in [0.4, 0.5) is 0 Å². The van der Waals surface area contributed by atoms with E-state index in [-0.39, 0.29) is 6.10 Å². The van der Waals surface area contributed by atoms with Crippen LogP contribution < -0.4 is 0 Å². The Bertz CT molecular complexity index is 345. The number of nitrogens with zero attached hydrogens (tertiary/aromatic N) is 2. The van der Waals surface area contributed by atoms with Gasteiger partial charge in [-0.05, 0) is 25.8 Å². The van der Waals surface area contributed by atoms with Crippen molar-refractivity contribution in [1.82, 2.24) is 9.78 Å². The lowest BCUT2D eigenvalue weighted by Crippen LogP contribution is -2.27. The number of hydrogen-bond acceptors (Lipinski definition) is 3. The van der Waals surface area contributed by atoms with Gasteiger partial charge in [0.2, 0.25) is 0 Å². The largest absolute Gasteiger partial charge is 0.390 e. The fourth-order valence-corrected chi connectivity index (χ4v) is 2.40. The van der Waals surface area contributed by atoms with Crippen molar-refractivity contribution in [3.8, 4) is 0 Å². The number of aromatic nitrogens is 2. The molecule has 1 aromatic heterocycles. The minimum Gasteiger partial charge on any atom is -0.390 e. The lowest BCUT2D eigenvalue weighted by molar-refractivity contribution is -0.000125. The van der Waals surface area contributed by atoms with Gasteiger partial charge >= 0.3 is 0 Å². The number of ether oxygens (including phenoxy) is 1. The summed E-state index contributed by atoms with van der Waals surface area (Å²) in [5, 5.41) is 14.4. The van der Waals surface area contributed by atoms with E-state index in [2.05, 4.69) is 9.78 Å². The third kappa shape index (κ3) is 3.07. The Balaban J connectivity index is 1.93. The second-order valence-electron chi connectivity index (χ2n) is 4.94. The van der Waals surface area contributed by atoms with Crippen molar-refractivity contribution in [2.75, 3.05) is 7.11 Å². The summed E-state index contributed by atoms with van der Waals surface area (Å²) >= 11 is 0. The zero-order chi connectivity index (χ0) is 12.3. The molecule has 1 N–H and O–H groups in total. The van der Waals surface area contributed by atoms with Gasteiger partial charge in [-0.2, -0.15) is 5.10 Å². The van der Waals surface area contributed by atoms with E-state index in [1.165, 1.54) is 25.7 Å². The molecule has 0 saturated heterocycles. The first-order valence-corrected chi connectivity index (χ1v) is 6.45. The Morgan fingerprint density at radius 3 is 2.88 bits per heavy atom. The molecule has 1 aliphatic rings. The van der Waals surface area contributed by atoms with E-state index in [1.54, 1.807) is 7.11 Å². The molecule has 2 atom stereocenters. The molecule has 17 heavy (non-hydrogen) atoms. The van der Waals surface area contributed by atoms with Crippen LogP contribution in [-0.2, 0) is 11.2 Å². The number of aliphatic hydroxyl groups is 1. The third-order valence-electron chi connectivity index (χ3n) is 3.69. The summed E-state index contributed by atoms with van der Waals surface area (Å²) in [6, 6.07) is 2.57. The molecule has 0 amide bonds. The smallest absolute Gasteiger partial charge is 0.0854 e. The summed E-state index contributed by atoms with van der Waals surface area (Å²) in [4.78, 5) is 0. The molecule has 0 radical (unpaired) electrons. The molecule has 96 valence electrons. The van der Waals surface area contributed by atoms with Crippen molar-refractivity contribution >= 4 is 0 Å². The van der Waals surface area contributed by atoms with Gasteiger partial charge in [0.15, 0.2) is 0 Å². The number of rotatable bonds is 5. The molecule has 2 unspecified atom stereocenters. The van der Waals surface area contributed by atoms with Gasteiger partial charge in [0.25, 0.3) is 0 Å². The molecule has 0 spiro atoms. The van der Waals surface area contributed by atoms with Gasteiger partial charge in [-0.15, -0.1) is 0 Å². The maximum atomic E-state index is 9.87. The van der Waals surface area contributed by atoms with Crippen LogP contribution in [0.25, 0.3) is 0 Å². The lowest BCUT2D eigenvalue weighted by atomic mass is 10.1. The Morgan fingerprint density at radius 2 is 2.24 bits per heavy atom. The Labute approximate surface area is 103 Å². The highest BCUT2D eigenvalue weighted by Gasteiger charge is 2.19. The standard InChI is InChI=1S/C13H22N2O2/c1-10(17-2)13(16)9-11-7-8-15(14-11)12-5-3-4-6-12/h7-8,10,12-13,16H,3-6,9H2,1-2H3. The number of aliphatic hydroxyl groups excluding tert-OH is 1. The Hall–Kier alpha value is -0.870. The predicted octanol–water partition coefficient (Wildman–Crippen LogP) is 1.94. The van der Waals surface area contributed by atoms with Crippen LogP contribution in [0.3, 0.4) is 0 Å². The molecule has 4 nitrogen and oxygen atoms in total. The first-order valence-electron chi connectivity index (χ1n) is 6.45. The highest BCUT2D eigenvalue weighted by molar-refractivity contribution is 5.02. The average Bonchev–Trinajstić information content (AvgIpc) is 2.97. The average molecular weight is 238 g/mol. The van der Waals surface area contributed by atoms with Crippen molar-refractivity contribution in [2.45, 2.75) is 57.3 Å². The molecular formula is C13H22N2O2. The lowest BCUT2D eigenvalue weighted by Gasteiger charge is -2.16. The van der Waals surface area contributed by atoms with Crippen LogP contribution in [0.5, 0.6) is 0 Å². The van der Waals surface area contributed by atoms with Crippen LogP contribution in [0.15, 0.2) is 12.3 Å². The molecule has 0 aromatic carbocycles. The number of hydrogen-bond donors (Lipinski definition) is 1. The van der Waals surface area contributed by atoms with E-state index < -0.39 is 6.10 Å². The molecule has 1 heterocycles. The molecule has 0 bridgehead atoms. The molecule has 1 fully saturated rings. The first-order chi connectivity index (χ1) is 8.20. The normalized spacial score (nSPS) is 20.6. The van der Waals surface area contributed by atoms with Crippen LogP contribution in [0, 0.1) is 0 Å². The van der Waals surface area contributed by atoms with Gasteiger partial charge in [0, 0.05) is 19.7 Å². The van der Waals surface area contributed by atoms with E-state index in [0.717, 1.165) is 5.69 Å². The quantitative estimate of drug-likeness (QED) is 0.852. The van der Waals surface area contributed by atoms with Gasteiger partial charge < -0.3 is 9.84 Å². The molecule has 1 saturated carbocycles. The molecule has 1 aliphatic carbocycles. The monoisotopic (exact) mass is 238 g/mol. The van der Waals surface area contributed by atoms with Crippen LogP contribution in [0.2, 0.25) is 0 Å². The number of methoxy groups -OCH3 is 1. The zero-order valence-corrected chi connectivity index (χ0v) is 10.7. The van der Waals surface area contributed by atoms with Crippen LogP contribution >= 0.6 is 0 Å². The summed E-state index contributed by atoms with van der Waals surface area (Å²) in [5.74, 6) is 0. The van der Waals surface area contributed by atoms with Crippen LogP contribution in [0.1, 0.15) is 44.3 Å². The van der Waals surface area contributed by atoms with Crippen LogP contribution in [-0.4, -0.2) is 34.2 Å². The minimum absolute atomic E-state index is 0.147. The summed E-state index contributed by atoms with van der Waals surface area (Å²) in [6.45, 7) is 1.87. The van der Waals surface area contributed by atoms with Gasteiger partial charge in [-0.1, -0.05) is 12.8 Å². The molecule has 2 rings (SSSR count). The Morgan fingerprint density at radius 1 is 1.53 bits per heavy atom. The van der Waals surface area contributed by atoms with Crippen molar-refractivity contribution in [2.24, 2.45) is 0 Å². The minimum atomic E-state index is -0.480. The summed E-state index contributed by atoms with van der Waals surface area (Å²) in [6.07, 6.45) is 7.06. The van der Waals surface area contributed by atoms with E-state index >= 15 is 0 Å². The molecule has 0 aliphatic heterocycles. The second kappa shape index (κ2) is 5.65. The van der Waals surface area contributed by atoms with E-state index in [0.29, 0.717) is 12.5 Å². The highest BCUT2D eigenvalue weighted by Crippen LogP contribution is 2.28. The van der Waals surface area contributed by atoms with Crippen molar-refractivity contribution in [3.63, 3.8) is 0 Å². The van der Waals surface area contributed by atoms with E-state index in [1.807, 2.05) is 19.2 Å². The second-order valence-corrected chi connectivity index (χ2v) is 4.94. The molecular weight excluding hydrogens is 216 g/mol. The summed E-state index contributed by atoms with van der Waals surface area (Å²) in [7, 11) is 1.62. The van der Waals surface area contributed by atoms with E-state index in [4.69, 9.17) is 4.74 Å². The van der Waals surface area contributed by atoms with Gasteiger partial charge in [-0.25, -0.2) is 0 Å². The maximum Gasteiger partial charge on any atom is 0.0854 e. The topological polar surface area (TPSA) is 47.3 Å². The predicted molar refractivity (Wildman–Crippen MR) is 65.9 cm³/mol. The Kier molecular flexibility index (Phi) is 4.18. The van der Waals surface area contributed by atoms with Gasteiger partial charge in [0.05, 0.1) is 23.9 Å². The summed E-state index contributed by atoms with van der Waals surface area (Å²) < 4.78 is 7.17. The van der Waals surface area contributed by atoms with Gasteiger partial charge in [-0.3, -0.25) is 4.68 Å². The van der Waals surface area contributed by atoms with Crippen molar-refractivity contribution in [3.05, 3.63) is 18.0 Å². The SMILES string of the molecule is COC(C)C(O)Cc1ccn(C2CCCC2)n1. The van der Waals surface area contributed by atoms with Gasteiger partial charge in [0.1, 0.15) is 0 Å². The summed E-state index contributed by atoms with van der Waals surface area (Å²) in [5.41, 5.74) is 0.952. The fraction of sp³-hybridized carbons (Fsp3) is 0.769. The zero-order valence-electron chi connectivity index (χ0n) is 10.7. The molecule has 1 aromatic rings. The highest BCUT2D eigenvalue weighted by atomic mass is 16.5. The van der Waals surface area contributed by atoms with Crippen molar-refractivity contribution < 1.29 is 9.84 Å². The first kappa shape index (κ1) is 12.6. The molecule has 4 heteroatoms. The fourth-order valence-electron chi connectivity index (χ4n) is 2.40. The third-order valence-corrected chi connectivity index (χ3v) is 3.69. The van der Waals surface area contributed by atoms with E-state index in [9.17, 15) is 5.11 Å².